The third kappa shape index (κ3) is 6.53. The van der Waals surface area contributed by atoms with Crippen molar-refractivity contribution in [2.75, 3.05) is 6.54 Å². The Hall–Kier alpha value is -0.940. The Labute approximate surface area is 96.6 Å². The average molecular weight is 230 g/mol. The molecule has 16 heavy (non-hydrogen) atoms. The quantitative estimate of drug-likeness (QED) is 0.375. The number of carbonyl (C=O) groups excluding carboxylic acids is 2. The summed E-state index contributed by atoms with van der Waals surface area (Å²) in [6, 6.07) is 0. The number of hydrogen-bond donors (Lipinski definition) is 2. The van der Waals surface area contributed by atoms with Crippen molar-refractivity contribution < 1.29 is 14.8 Å². The summed E-state index contributed by atoms with van der Waals surface area (Å²) < 4.78 is 0. The highest BCUT2D eigenvalue weighted by molar-refractivity contribution is 5.94. The van der Waals surface area contributed by atoms with Crippen LogP contribution in [0.15, 0.2) is 0 Å². The van der Waals surface area contributed by atoms with Gasteiger partial charge in [0, 0.05) is 6.42 Å². The van der Waals surface area contributed by atoms with E-state index in [1.165, 1.54) is 19.3 Å². The van der Waals surface area contributed by atoms with Crippen LogP contribution in [-0.4, -0.2) is 28.6 Å². The molecule has 0 aromatic carbocycles. The van der Waals surface area contributed by atoms with Gasteiger partial charge in [-0.1, -0.05) is 39.0 Å². The van der Waals surface area contributed by atoms with Crippen LogP contribution >= 0.6 is 0 Å². The van der Waals surface area contributed by atoms with Gasteiger partial charge in [-0.15, -0.1) is 0 Å². The van der Waals surface area contributed by atoms with Gasteiger partial charge >= 0.3 is 0 Å². The van der Waals surface area contributed by atoms with Crippen LogP contribution in [0.2, 0.25) is 0 Å². The van der Waals surface area contributed by atoms with Crippen LogP contribution < -0.4 is 5.73 Å². The summed E-state index contributed by atoms with van der Waals surface area (Å²) in [5, 5.41) is 9.21. The maximum absolute atomic E-state index is 11.2. The van der Waals surface area contributed by atoms with Crippen molar-refractivity contribution >= 4 is 11.8 Å². The molecule has 0 radical (unpaired) electrons. The first-order valence-corrected chi connectivity index (χ1v) is 5.88. The van der Waals surface area contributed by atoms with Crippen LogP contribution in [0.3, 0.4) is 0 Å². The molecular weight excluding hydrogens is 208 g/mol. The fourth-order valence-electron chi connectivity index (χ4n) is 1.39. The maximum atomic E-state index is 11.2. The first-order valence-electron chi connectivity index (χ1n) is 5.88. The second kappa shape index (κ2) is 9.30. The molecule has 0 spiro atoms. The van der Waals surface area contributed by atoms with E-state index in [0.29, 0.717) is 6.42 Å². The summed E-state index contributed by atoms with van der Waals surface area (Å²) in [4.78, 5) is 22.1. The van der Waals surface area contributed by atoms with Crippen LogP contribution in [0, 0.1) is 0 Å². The van der Waals surface area contributed by atoms with E-state index < -0.39 is 11.8 Å². The van der Waals surface area contributed by atoms with Crippen molar-refractivity contribution in [3.63, 3.8) is 0 Å². The van der Waals surface area contributed by atoms with Gasteiger partial charge in [0.15, 0.2) is 0 Å². The lowest BCUT2D eigenvalue weighted by atomic mass is 10.1. The van der Waals surface area contributed by atoms with Gasteiger partial charge in [-0.3, -0.25) is 14.8 Å². The smallest absolute Gasteiger partial charge is 0.266 e. The lowest BCUT2D eigenvalue weighted by molar-refractivity contribution is -0.178. The minimum atomic E-state index is -0.754. The molecule has 0 aliphatic carbocycles. The lowest BCUT2D eigenvalue weighted by Crippen LogP contribution is -2.37. The van der Waals surface area contributed by atoms with Crippen LogP contribution in [0.5, 0.6) is 0 Å². The number of rotatable bonds is 8. The largest absolute Gasteiger partial charge is 0.322 e. The predicted molar refractivity (Wildman–Crippen MR) is 60.7 cm³/mol. The van der Waals surface area contributed by atoms with Gasteiger partial charge in [-0.2, -0.15) is 5.06 Å². The summed E-state index contributed by atoms with van der Waals surface area (Å²) in [5.74, 6) is -1.32. The molecule has 0 atom stereocenters. The summed E-state index contributed by atoms with van der Waals surface area (Å²) in [6.45, 7) is 1.80. The van der Waals surface area contributed by atoms with E-state index in [1.807, 2.05) is 0 Å². The zero-order valence-corrected chi connectivity index (χ0v) is 9.95. The number of nitrogens with two attached hydrogens (primary N) is 1. The van der Waals surface area contributed by atoms with Crippen molar-refractivity contribution in [2.24, 2.45) is 5.73 Å². The third-order valence-corrected chi connectivity index (χ3v) is 2.39. The van der Waals surface area contributed by atoms with Crippen LogP contribution in [0.25, 0.3) is 0 Å². The van der Waals surface area contributed by atoms with E-state index >= 15 is 0 Å². The molecule has 0 fully saturated rings. The first kappa shape index (κ1) is 15.1. The fraction of sp³-hybridized carbons (Fsp3) is 0.818. The van der Waals surface area contributed by atoms with Crippen molar-refractivity contribution in [1.29, 1.82) is 0 Å². The summed E-state index contributed by atoms with van der Waals surface area (Å²) in [5.41, 5.74) is 5.02. The Bertz CT molecular complexity index is 219. The molecule has 5 heteroatoms. The second-order valence-corrected chi connectivity index (χ2v) is 3.82. The molecule has 0 aliphatic rings. The molecule has 0 aromatic heterocycles. The van der Waals surface area contributed by atoms with Gasteiger partial charge in [0.2, 0.25) is 0 Å². The Morgan fingerprint density at radius 3 is 2.19 bits per heavy atom. The highest BCUT2D eigenvalue weighted by atomic mass is 16.5. The molecule has 0 unspecified atom stereocenters. The molecule has 94 valence electrons. The normalized spacial score (nSPS) is 10.2. The van der Waals surface area contributed by atoms with Gasteiger partial charge in [0.05, 0.1) is 6.54 Å². The second-order valence-electron chi connectivity index (χ2n) is 3.82. The van der Waals surface area contributed by atoms with Crippen molar-refractivity contribution in [2.45, 2.75) is 51.9 Å². The zero-order valence-electron chi connectivity index (χ0n) is 9.95. The molecule has 2 amide bonds. The molecular formula is C11H22N2O3. The van der Waals surface area contributed by atoms with Gasteiger partial charge < -0.3 is 5.73 Å². The number of imide groups is 1. The topological polar surface area (TPSA) is 83.6 Å². The molecule has 0 heterocycles. The zero-order chi connectivity index (χ0) is 12.4. The fourth-order valence-corrected chi connectivity index (χ4v) is 1.39. The molecule has 0 bridgehead atoms. The molecule has 3 N–H and O–H groups in total. The Kier molecular flexibility index (Phi) is 8.75. The van der Waals surface area contributed by atoms with E-state index in [1.54, 1.807) is 0 Å². The van der Waals surface area contributed by atoms with E-state index in [4.69, 9.17) is 10.9 Å². The molecule has 0 rings (SSSR count). The van der Waals surface area contributed by atoms with E-state index in [2.05, 4.69) is 6.92 Å². The number of unbranched alkanes of at least 4 members (excludes halogenated alkanes) is 5. The van der Waals surface area contributed by atoms with Gasteiger partial charge in [0.25, 0.3) is 11.8 Å². The third-order valence-electron chi connectivity index (χ3n) is 2.39. The SMILES string of the molecule is CCCCCCCCC(=O)N(O)C(=O)CN. The van der Waals surface area contributed by atoms with Crippen molar-refractivity contribution in [3.8, 4) is 0 Å². The van der Waals surface area contributed by atoms with E-state index in [-0.39, 0.29) is 18.0 Å². The maximum Gasteiger partial charge on any atom is 0.266 e. The standard InChI is InChI=1S/C11H22N2O3/c1-2-3-4-5-6-7-8-10(14)13(16)11(15)9-12/h16H,2-9,12H2,1H3. The number of nitrogens with zero attached hydrogens (tertiary/aromatic N) is 1. The van der Waals surface area contributed by atoms with Crippen LogP contribution in [-0.2, 0) is 9.59 Å². The van der Waals surface area contributed by atoms with Crippen molar-refractivity contribution in [1.82, 2.24) is 5.06 Å². The van der Waals surface area contributed by atoms with Crippen molar-refractivity contribution in [3.05, 3.63) is 0 Å². The monoisotopic (exact) mass is 230 g/mol. The predicted octanol–water partition coefficient (Wildman–Crippen LogP) is 1.44. The minimum Gasteiger partial charge on any atom is -0.322 e. The van der Waals surface area contributed by atoms with E-state index in [9.17, 15) is 9.59 Å². The first-order chi connectivity index (χ1) is 7.63. The molecule has 0 saturated carbocycles. The molecule has 0 aliphatic heterocycles. The average Bonchev–Trinajstić information content (AvgIpc) is 2.31. The highest BCUT2D eigenvalue weighted by Gasteiger charge is 2.16. The number of amides is 2. The Morgan fingerprint density at radius 2 is 1.62 bits per heavy atom. The highest BCUT2D eigenvalue weighted by Crippen LogP contribution is 2.07. The van der Waals surface area contributed by atoms with E-state index in [0.717, 1.165) is 12.8 Å². The number of carbonyl (C=O) groups is 2. The number of hydroxylamine groups is 2. The molecule has 0 aromatic rings. The lowest BCUT2D eigenvalue weighted by Gasteiger charge is -2.11. The number of hydrogen-bond acceptors (Lipinski definition) is 4. The minimum absolute atomic E-state index is 0.131. The van der Waals surface area contributed by atoms with Gasteiger partial charge in [0.1, 0.15) is 0 Å². The Morgan fingerprint density at radius 1 is 1.06 bits per heavy atom. The van der Waals surface area contributed by atoms with Crippen LogP contribution in [0.4, 0.5) is 0 Å². The summed E-state index contributed by atoms with van der Waals surface area (Å²) in [6.07, 6.45) is 6.54. The molecule has 0 saturated heterocycles. The summed E-state index contributed by atoms with van der Waals surface area (Å²) >= 11 is 0. The van der Waals surface area contributed by atoms with Gasteiger partial charge in [-0.05, 0) is 6.42 Å². The molecule has 5 nitrogen and oxygen atoms in total. The van der Waals surface area contributed by atoms with Gasteiger partial charge in [-0.25, -0.2) is 0 Å². The Balaban J connectivity index is 3.54. The summed E-state index contributed by atoms with van der Waals surface area (Å²) in [7, 11) is 0. The van der Waals surface area contributed by atoms with Crippen LogP contribution in [0.1, 0.15) is 51.9 Å².